The van der Waals surface area contributed by atoms with Crippen molar-refractivity contribution in [1.82, 2.24) is 0 Å². The van der Waals surface area contributed by atoms with Crippen molar-refractivity contribution in [2.24, 2.45) is 0 Å². The van der Waals surface area contributed by atoms with Gasteiger partial charge in [0.2, 0.25) is 0 Å². The molecular weight excluding hydrogens is 220 g/mol. The van der Waals surface area contributed by atoms with Crippen LogP contribution < -0.4 is 11.1 Å². The minimum atomic E-state index is -1.00. The summed E-state index contributed by atoms with van der Waals surface area (Å²) in [6, 6.07) is 5.18. The molecule has 1 saturated heterocycles. The fraction of sp³-hybridized carbons (Fsp3) is 0.417. The van der Waals surface area contributed by atoms with Gasteiger partial charge in [-0.3, -0.25) is 0 Å². The molecule has 0 amide bonds. The molecule has 1 unspecified atom stereocenters. The first kappa shape index (κ1) is 11.7. The summed E-state index contributed by atoms with van der Waals surface area (Å²) in [6.07, 6.45) is 2.10. The van der Waals surface area contributed by atoms with Crippen LogP contribution in [-0.4, -0.2) is 30.3 Å². The summed E-state index contributed by atoms with van der Waals surface area (Å²) in [7, 11) is 0. The second-order valence-corrected chi connectivity index (χ2v) is 4.17. The quantitative estimate of drug-likeness (QED) is 0.693. The van der Waals surface area contributed by atoms with Gasteiger partial charge in [-0.15, -0.1) is 0 Å². The van der Waals surface area contributed by atoms with Crippen LogP contribution in [0.1, 0.15) is 23.2 Å². The molecule has 2 rings (SSSR count). The van der Waals surface area contributed by atoms with Gasteiger partial charge in [-0.05, 0) is 31.0 Å². The number of carboxylic acid groups (broad SMARTS) is 1. The van der Waals surface area contributed by atoms with Gasteiger partial charge in [0.1, 0.15) is 0 Å². The number of carboxylic acids is 1. The van der Waals surface area contributed by atoms with E-state index in [4.69, 9.17) is 15.6 Å². The summed E-state index contributed by atoms with van der Waals surface area (Å²) in [5.74, 6) is -1.00. The third kappa shape index (κ3) is 2.88. The van der Waals surface area contributed by atoms with Crippen molar-refractivity contribution in [3.8, 4) is 0 Å². The molecule has 0 aromatic heterocycles. The number of ether oxygens (including phenoxy) is 1. The number of nitrogens with one attached hydrogen (secondary N) is 1. The van der Waals surface area contributed by atoms with E-state index >= 15 is 0 Å². The highest BCUT2D eigenvalue weighted by Crippen LogP contribution is 2.20. The van der Waals surface area contributed by atoms with Gasteiger partial charge in [0.15, 0.2) is 0 Å². The fourth-order valence-electron chi connectivity index (χ4n) is 1.94. The predicted molar refractivity (Wildman–Crippen MR) is 65.3 cm³/mol. The molecule has 5 nitrogen and oxygen atoms in total. The van der Waals surface area contributed by atoms with E-state index in [2.05, 4.69) is 5.32 Å². The highest BCUT2D eigenvalue weighted by Gasteiger charge is 2.14. The first-order chi connectivity index (χ1) is 8.16. The molecule has 1 aliphatic rings. The lowest BCUT2D eigenvalue weighted by Crippen LogP contribution is -2.29. The summed E-state index contributed by atoms with van der Waals surface area (Å²) in [6.45, 7) is 1.50. The van der Waals surface area contributed by atoms with Crippen molar-refractivity contribution in [3.63, 3.8) is 0 Å². The van der Waals surface area contributed by atoms with Gasteiger partial charge < -0.3 is 20.9 Å². The van der Waals surface area contributed by atoms with Crippen LogP contribution in [0.2, 0.25) is 0 Å². The Hall–Kier alpha value is -1.75. The average Bonchev–Trinajstić information content (AvgIpc) is 2.30. The molecule has 0 spiro atoms. The van der Waals surface area contributed by atoms with Crippen molar-refractivity contribution in [2.75, 3.05) is 24.3 Å². The minimum Gasteiger partial charge on any atom is -0.478 e. The molecule has 0 bridgehead atoms. The first-order valence-corrected chi connectivity index (χ1v) is 5.64. The van der Waals surface area contributed by atoms with E-state index in [1.807, 2.05) is 0 Å². The fourth-order valence-corrected chi connectivity index (χ4v) is 1.94. The number of aromatic carboxylic acids is 1. The number of nitrogens with two attached hydrogens (primary N) is 1. The SMILES string of the molecule is Nc1cc(NC2CCCOC2)ccc1C(=O)O. The molecule has 1 aromatic carbocycles. The van der Waals surface area contributed by atoms with E-state index in [1.165, 1.54) is 6.07 Å². The summed E-state index contributed by atoms with van der Waals surface area (Å²) in [4.78, 5) is 10.8. The van der Waals surface area contributed by atoms with Gasteiger partial charge in [0.05, 0.1) is 12.2 Å². The highest BCUT2D eigenvalue weighted by atomic mass is 16.5. The number of hydrogen-bond acceptors (Lipinski definition) is 4. The lowest BCUT2D eigenvalue weighted by Gasteiger charge is -2.24. The third-order valence-corrected chi connectivity index (χ3v) is 2.81. The van der Waals surface area contributed by atoms with Crippen molar-refractivity contribution in [3.05, 3.63) is 23.8 Å². The molecule has 1 aromatic rings. The maximum absolute atomic E-state index is 10.8. The van der Waals surface area contributed by atoms with Crippen LogP contribution in [0.3, 0.4) is 0 Å². The van der Waals surface area contributed by atoms with Gasteiger partial charge in [-0.2, -0.15) is 0 Å². The largest absolute Gasteiger partial charge is 0.478 e. The Labute approximate surface area is 99.6 Å². The van der Waals surface area contributed by atoms with E-state index < -0.39 is 5.97 Å². The Kier molecular flexibility index (Phi) is 3.49. The molecule has 1 atom stereocenters. The molecular formula is C12H16N2O3. The monoisotopic (exact) mass is 236 g/mol. The predicted octanol–water partition coefficient (Wildman–Crippen LogP) is 1.56. The van der Waals surface area contributed by atoms with E-state index in [0.29, 0.717) is 6.61 Å². The van der Waals surface area contributed by atoms with Crippen LogP contribution in [0.15, 0.2) is 18.2 Å². The molecule has 0 saturated carbocycles. The molecule has 1 heterocycles. The molecule has 92 valence electrons. The lowest BCUT2D eigenvalue weighted by atomic mass is 10.1. The Morgan fingerprint density at radius 3 is 2.94 bits per heavy atom. The maximum Gasteiger partial charge on any atom is 0.337 e. The zero-order valence-electron chi connectivity index (χ0n) is 9.48. The average molecular weight is 236 g/mol. The topological polar surface area (TPSA) is 84.6 Å². The number of hydrogen-bond donors (Lipinski definition) is 3. The van der Waals surface area contributed by atoms with Gasteiger partial charge in [-0.1, -0.05) is 0 Å². The third-order valence-electron chi connectivity index (χ3n) is 2.81. The second-order valence-electron chi connectivity index (χ2n) is 4.17. The summed E-state index contributed by atoms with van der Waals surface area (Å²) in [5.41, 5.74) is 6.92. The molecule has 0 radical (unpaired) electrons. The van der Waals surface area contributed by atoms with E-state index in [-0.39, 0.29) is 17.3 Å². The Balaban J connectivity index is 2.06. The van der Waals surface area contributed by atoms with E-state index in [9.17, 15) is 4.79 Å². The molecule has 1 fully saturated rings. The smallest absolute Gasteiger partial charge is 0.337 e. The number of nitrogen functional groups attached to an aromatic ring is 1. The zero-order chi connectivity index (χ0) is 12.3. The summed E-state index contributed by atoms with van der Waals surface area (Å²) < 4.78 is 5.36. The number of rotatable bonds is 3. The van der Waals surface area contributed by atoms with Gasteiger partial charge >= 0.3 is 5.97 Å². The standard InChI is InChI=1S/C12H16N2O3/c13-11-6-8(3-4-10(11)12(15)16)14-9-2-1-5-17-7-9/h3-4,6,9,14H,1-2,5,7,13H2,(H,15,16). The van der Waals surface area contributed by atoms with Crippen molar-refractivity contribution in [2.45, 2.75) is 18.9 Å². The van der Waals surface area contributed by atoms with Crippen molar-refractivity contribution < 1.29 is 14.6 Å². The highest BCUT2D eigenvalue weighted by molar-refractivity contribution is 5.94. The Morgan fingerprint density at radius 2 is 2.35 bits per heavy atom. The lowest BCUT2D eigenvalue weighted by molar-refractivity contribution is 0.0698. The van der Waals surface area contributed by atoms with Crippen LogP contribution in [0.4, 0.5) is 11.4 Å². The van der Waals surface area contributed by atoms with Crippen LogP contribution in [0.5, 0.6) is 0 Å². The summed E-state index contributed by atoms with van der Waals surface area (Å²) >= 11 is 0. The van der Waals surface area contributed by atoms with Crippen molar-refractivity contribution in [1.29, 1.82) is 0 Å². The van der Waals surface area contributed by atoms with Gasteiger partial charge in [0, 0.05) is 24.0 Å². The Bertz CT molecular complexity index is 414. The van der Waals surface area contributed by atoms with Crippen LogP contribution >= 0.6 is 0 Å². The molecule has 17 heavy (non-hydrogen) atoms. The van der Waals surface area contributed by atoms with Gasteiger partial charge in [-0.25, -0.2) is 4.79 Å². The minimum absolute atomic E-state index is 0.135. The first-order valence-electron chi connectivity index (χ1n) is 5.64. The van der Waals surface area contributed by atoms with Crippen LogP contribution in [0.25, 0.3) is 0 Å². The molecule has 5 heteroatoms. The van der Waals surface area contributed by atoms with Crippen LogP contribution in [-0.2, 0) is 4.74 Å². The molecule has 1 aliphatic heterocycles. The normalized spacial score (nSPS) is 19.9. The number of benzene rings is 1. The molecule has 0 aliphatic carbocycles. The van der Waals surface area contributed by atoms with E-state index in [1.54, 1.807) is 12.1 Å². The number of anilines is 2. The molecule has 4 N–H and O–H groups in total. The van der Waals surface area contributed by atoms with E-state index in [0.717, 1.165) is 25.1 Å². The summed E-state index contributed by atoms with van der Waals surface area (Å²) in [5, 5.41) is 12.1. The maximum atomic E-state index is 10.8. The van der Waals surface area contributed by atoms with Crippen molar-refractivity contribution >= 4 is 17.3 Å². The van der Waals surface area contributed by atoms with Crippen LogP contribution in [0, 0.1) is 0 Å². The Morgan fingerprint density at radius 1 is 1.53 bits per heavy atom. The number of carbonyl (C=O) groups is 1. The second kappa shape index (κ2) is 5.05. The van der Waals surface area contributed by atoms with Gasteiger partial charge in [0.25, 0.3) is 0 Å². The zero-order valence-corrected chi connectivity index (χ0v) is 9.48.